The van der Waals surface area contributed by atoms with E-state index in [2.05, 4.69) is 36.7 Å². The molecular weight excluding hydrogens is 288 g/mol. The second-order valence-corrected chi connectivity index (χ2v) is 7.34. The number of nitrogens with zero attached hydrogens (tertiary/aromatic N) is 1. The average molecular weight is 310 g/mol. The fourth-order valence-corrected chi connectivity index (χ4v) is 3.72. The SMILES string of the molecule is CC1(C)CC(=O)C2=C(C1)NN1C(=C2)C(c2ccccc2)NC1N. The van der Waals surface area contributed by atoms with E-state index in [1.165, 1.54) is 0 Å². The van der Waals surface area contributed by atoms with E-state index >= 15 is 0 Å². The number of rotatable bonds is 1. The van der Waals surface area contributed by atoms with Crippen molar-refractivity contribution in [2.75, 3.05) is 0 Å². The van der Waals surface area contributed by atoms with Gasteiger partial charge in [-0.1, -0.05) is 44.2 Å². The van der Waals surface area contributed by atoms with Crippen LogP contribution in [0.15, 0.2) is 53.4 Å². The van der Waals surface area contributed by atoms with Gasteiger partial charge in [-0.2, -0.15) is 0 Å². The van der Waals surface area contributed by atoms with Gasteiger partial charge in [0.15, 0.2) is 12.1 Å². The standard InChI is InChI=1S/C18H22N4O/c1-18(2)9-13-12(15(23)10-18)8-14-16(11-6-4-3-5-7-11)20-17(19)22(14)21-13/h3-8,16-17,20-21H,9-10,19H2,1-2H3. The third kappa shape index (κ3) is 2.36. The molecule has 0 saturated carbocycles. The Bertz CT molecular complexity index is 720. The van der Waals surface area contributed by atoms with Gasteiger partial charge in [0.1, 0.15) is 0 Å². The highest BCUT2D eigenvalue weighted by atomic mass is 16.1. The second-order valence-electron chi connectivity index (χ2n) is 7.34. The zero-order chi connectivity index (χ0) is 16.2. The molecular formula is C18H22N4O. The van der Waals surface area contributed by atoms with Crippen LogP contribution in [0.5, 0.6) is 0 Å². The van der Waals surface area contributed by atoms with Gasteiger partial charge < -0.3 is 0 Å². The fourth-order valence-electron chi connectivity index (χ4n) is 3.72. The molecule has 5 heteroatoms. The minimum Gasteiger partial charge on any atom is -0.299 e. The van der Waals surface area contributed by atoms with Gasteiger partial charge in [0.05, 0.1) is 11.7 Å². The lowest BCUT2D eigenvalue weighted by Crippen LogP contribution is -2.51. The molecule has 2 atom stereocenters. The molecule has 4 N–H and O–H groups in total. The number of carbonyl (C=O) groups excluding carboxylic acids is 1. The fraction of sp³-hybridized carbons (Fsp3) is 0.389. The van der Waals surface area contributed by atoms with Gasteiger partial charge in [0.25, 0.3) is 0 Å². The predicted molar refractivity (Wildman–Crippen MR) is 88.4 cm³/mol. The van der Waals surface area contributed by atoms with Crippen LogP contribution in [0.4, 0.5) is 0 Å². The highest BCUT2D eigenvalue weighted by molar-refractivity contribution is 6.00. The zero-order valence-corrected chi connectivity index (χ0v) is 13.5. The Morgan fingerprint density at radius 2 is 1.96 bits per heavy atom. The number of nitrogens with two attached hydrogens (primary N) is 1. The summed E-state index contributed by atoms with van der Waals surface area (Å²) in [7, 11) is 0. The van der Waals surface area contributed by atoms with Gasteiger partial charge in [-0.15, -0.1) is 0 Å². The number of allylic oxidation sites excluding steroid dienone is 3. The molecule has 0 amide bonds. The van der Waals surface area contributed by atoms with Crippen LogP contribution >= 0.6 is 0 Å². The Kier molecular flexibility index (Phi) is 3.11. The summed E-state index contributed by atoms with van der Waals surface area (Å²) in [5, 5.41) is 5.34. The van der Waals surface area contributed by atoms with Crippen LogP contribution in [0.3, 0.4) is 0 Å². The Morgan fingerprint density at radius 3 is 2.70 bits per heavy atom. The van der Waals surface area contributed by atoms with E-state index in [9.17, 15) is 4.79 Å². The van der Waals surface area contributed by atoms with Crippen LogP contribution in [0.2, 0.25) is 0 Å². The maximum absolute atomic E-state index is 12.5. The quantitative estimate of drug-likeness (QED) is 0.739. The molecule has 1 aliphatic carbocycles. The summed E-state index contributed by atoms with van der Waals surface area (Å²) in [5.74, 6) is 0.211. The number of fused-ring (bicyclic) bond motifs is 1. The minimum absolute atomic E-state index is 0.00418. The first-order valence-electron chi connectivity index (χ1n) is 8.05. The molecule has 3 aliphatic rings. The van der Waals surface area contributed by atoms with Crippen molar-refractivity contribution >= 4 is 5.78 Å². The molecule has 1 fully saturated rings. The van der Waals surface area contributed by atoms with Gasteiger partial charge >= 0.3 is 0 Å². The highest BCUT2D eigenvalue weighted by Gasteiger charge is 2.41. The Balaban J connectivity index is 1.75. The largest absolute Gasteiger partial charge is 0.299 e. The van der Waals surface area contributed by atoms with Gasteiger partial charge in [-0.3, -0.25) is 26.3 Å². The number of hydrogen-bond donors (Lipinski definition) is 3. The van der Waals surface area contributed by atoms with Crippen LogP contribution in [0, 0.1) is 5.41 Å². The third-order valence-electron chi connectivity index (χ3n) is 4.79. The van der Waals surface area contributed by atoms with Gasteiger partial charge in [0, 0.05) is 17.7 Å². The molecule has 120 valence electrons. The summed E-state index contributed by atoms with van der Waals surface area (Å²) in [6.45, 7) is 4.26. The van der Waals surface area contributed by atoms with Crippen molar-refractivity contribution in [3.63, 3.8) is 0 Å². The van der Waals surface area contributed by atoms with E-state index in [1.807, 2.05) is 29.3 Å². The lowest BCUT2D eigenvalue weighted by atomic mass is 9.75. The van der Waals surface area contributed by atoms with Crippen LogP contribution in [0.1, 0.15) is 38.3 Å². The van der Waals surface area contributed by atoms with Crippen LogP contribution in [-0.4, -0.2) is 17.1 Å². The Labute approximate surface area is 136 Å². The lowest BCUT2D eigenvalue weighted by Gasteiger charge is -2.38. The summed E-state index contributed by atoms with van der Waals surface area (Å²) < 4.78 is 0. The highest BCUT2D eigenvalue weighted by Crippen LogP contribution is 2.41. The molecule has 0 bridgehead atoms. The molecule has 1 saturated heterocycles. The summed E-state index contributed by atoms with van der Waals surface area (Å²) >= 11 is 0. The van der Waals surface area contributed by atoms with Crippen molar-refractivity contribution in [3.8, 4) is 0 Å². The van der Waals surface area contributed by atoms with Crippen molar-refractivity contribution in [1.29, 1.82) is 0 Å². The number of hydrogen-bond acceptors (Lipinski definition) is 5. The number of nitrogens with one attached hydrogen (secondary N) is 2. The van der Waals surface area contributed by atoms with Crippen LogP contribution in [-0.2, 0) is 4.79 Å². The summed E-state index contributed by atoms with van der Waals surface area (Å²) in [5.41, 5.74) is 13.6. The number of ketones is 1. The molecule has 2 unspecified atom stereocenters. The first-order valence-corrected chi connectivity index (χ1v) is 8.05. The molecule has 5 nitrogen and oxygen atoms in total. The van der Waals surface area contributed by atoms with Crippen molar-refractivity contribution < 1.29 is 4.79 Å². The number of carbonyl (C=O) groups is 1. The number of hydrazine groups is 1. The molecule has 2 heterocycles. The smallest absolute Gasteiger partial charge is 0.165 e. The van der Waals surface area contributed by atoms with E-state index in [-0.39, 0.29) is 23.5 Å². The molecule has 2 aliphatic heterocycles. The lowest BCUT2D eigenvalue weighted by molar-refractivity contribution is -0.118. The molecule has 0 aromatic heterocycles. The maximum Gasteiger partial charge on any atom is 0.165 e. The Morgan fingerprint density at radius 1 is 1.22 bits per heavy atom. The summed E-state index contributed by atoms with van der Waals surface area (Å²) in [4.78, 5) is 12.5. The average Bonchev–Trinajstić information content (AvgIpc) is 2.82. The first kappa shape index (κ1) is 14.5. The van der Waals surface area contributed by atoms with E-state index in [4.69, 9.17) is 5.73 Å². The van der Waals surface area contributed by atoms with Crippen molar-refractivity contribution in [2.45, 2.75) is 39.0 Å². The zero-order valence-electron chi connectivity index (χ0n) is 13.5. The normalized spacial score (nSPS) is 28.9. The monoisotopic (exact) mass is 310 g/mol. The van der Waals surface area contributed by atoms with Gasteiger partial charge in [-0.25, -0.2) is 0 Å². The van der Waals surface area contributed by atoms with E-state index < -0.39 is 0 Å². The molecule has 4 rings (SSSR count). The van der Waals surface area contributed by atoms with E-state index in [1.54, 1.807) is 0 Å². The van der Waals surface area contributed by atoms with Gasteiger partial charge in [-0.05, 0) is 23.5 Å². The molecule has 0 spiro atoms. The summed E-state index contributed by atoms with van der Waals surface area (Å²) in [6.07, 6.45) is 3.14. The Hall–Kier alpha value is -2.11. The number of Topliss-reactive ketones (excluding diaryl/α,β-unsaturated/α-hetero) is 1. The van der Waals surface area contributed by atoms with Crippen LogP contribution < -0.4 is 16.5 Å². The van der Waals surface area contributed by atoms with Crippen molar-refractivity contribution in [1.82, 2.24) is 15.8 Å². The van der Waals surface area contributed by atoms with E-state index in [0.29, 0.717) is 6.42 Å². The van der Waals surface area contributed by atoms with E-state index in [0.717, 1.165) is 29.0 Å². The number of benzene rings is 1. The first-order chi connectivity index (χ1) is 10.9. The second kappa shape index (κ2) is 4.94. The topological polar surface area (TPSA) is 70.4 Å². The molecule has 1 aromatic rings. The molecule has 0 radical (unpaired) electrons. The predicted octanol–water partition coefficient (Wildman–Crippen LogP) is 1.92. The van der Waals surface area contributed by atoms with Crippen LogP contribution in [0.25, 0.3) is 0 Å². The minimum atomic E-state index is -0.319. The van der Waals surface area contributed by atoms with Crippen molar-refractivity contribution in [2.24, 2.45) is 11.1 Å². The maximum atomic E-state index is 12.5. The van der Waals surface area contributed by atoms with Gasteiger partial charge in [0.2, 0.25) is 0 Å². The van der Waals surface area contributed by atoms with Crippen molar-refractivity contribution in [3.05, 3.63) is 58.9 Å². The third-order valence-corrected chi connectivity index (χ3v) is 4.79. The summed E-state index contributed by atoms with van der Waals surface area (Å²) in [6, 6.07) is 10.2. The molecule has 23 heavy (non-hydrogen) atoms. The molecule has 1 aromatic carbocycles.